The third-order valence-corrected chi connectivity index (χ3v) is 5.88. The van der Waals surface area contributed by atoms with Crippen LogP contribution in [0.1, 0.15) is 88.0 Å². The molecule has 0 radical (unpaired) electrons. The maximum absolute atomic E-state index is 11.5. The predicted octanol–water partition coefficient (Wildman–Crippen LogP) is 5.53. The number of unbranched alkanes of at least 4 members (excludes halogenated alkanes) is 10. The molecule has 0 aliphatic carbocycles. The molecule has 1 aromatic heterocycles. The Balaban J connectivity index is 2.25. The number of aromatic carboxylic acids is 1. The second kappa shape index (κ2) is 14.3. The number of rotatable bonds is 16. The number of carboxylic acids is 2. The molecule has 0 spiro atoms. The number of aromatic nitrogens is 2. The van der Waals surface area contributed by atoms with Gasteiger partial charge in [-0.05, 0) is 12.8 Å². The molecule has 0 aliphatic heterocycles. The number of hydrogen-bond donors (Lipinski definition) is 2. The van der Waals surface area contributed by atoms with Crippen LogP contribution in [0.15, 0.2) is 23.5 Å². The van der Waals surface area contributed by atoms with Gasteiger partial charge in [0, 0.05) is 7.05 Å². The van der Waals surface area contributed by atoms with E-state index >= 15 is 0 Å². The van der Waals surface area contributed by atoms with Crippen molar-refractivity contribution in [2.24, 2.45) is 7.05 Å². The summed E-state index contributed by atoms with van der Waals surface area (Å²) in [5.41, 5.74) is 0.0426. The molecule has 0 aliphatic rings. The molecule has 1 aromatic rings. The van der Waals surface area contributed by atoms with Crippen LogP contribution in [-0.2, 0) is 11.8 Å². The topological polar surface area (TPSA) is 92.4 Å². The van der Waals surface area contributed by atoms with Crippen molar-refractivity contribution in [2.45, 2.75) is 88.0 Å². The lowest BCUT2D eigenvalue weighted by atomic mass is 10.1. The van der Waals surface area contributed by atoms with E-state index in [0.29, 0.717) is 5.16 Å². The summed E-state index contributed by atoms with van der Waals surface area (Å²) in [5.74, 6) is -2.03. The molecule has 0 aromatic carbocycles. The molecule has 0 fully saturated rings. The van der Waals surface area contributed by atoms with Gasteiger partial charge in [0.2, 0.25) is 0 Å². The van der Waals surface area contributed by atoms with Gasteiger partial charge in [0.1, 0.15) is 10.9 Å². The second-order valence-electron chi connectivity index (χ2n) is 7.07. The Morgan fingerprint density at radius 2 is 1.64 bits per heavy atom. The third kappa shape index (κ3) is 9.44. The maximum atomic E-state index is 11.5. The van der Waals surface area contributed by atoms with E-state index in [1.165, 1.54) is 68.6 Å². The first-order chi connectivity index (χ1) is 13.5. The number of allylic oxidation sites excluding steroid dienone is 1. The van der Waals surface area contributed by atoms with Gasteiger partial charge in [0.15, 0.2) is 5.16 Å². The van der Waals surface area contributed by atoms with Crippen molar-refractivity contribution in [3.05, 3.63) is 24.0 Å². The van der Waals surface area contributed by atoms with E-state index in [2.05, 4.69) is 11.9 Å². The quantitative estimate of drug-likeness (QED) is 0.211. The van der Waals surface area contributed by atoms with Crippen LogP contribution >= 0.6 is 11.8 Å². The fourth-order valence-electron chi connectivity index (χ4n) is 2.96. The van der Waals surface area contributed by atoms with E-state index in [9.17, 15) is 14.7 Å². The van der Waals surface area contributed by atoms with Crippen molar-refractivity contribution >= 4 is 23.7 Å². The van der Waals surface area contributed by atoms with Crippen LogP contribution in [0.5, 0.6) is 0 Å². The summed E-state index contributed by atoms with van der Waals surface area (Å²) in [6, 6.07) is 0. The highest BCUT2D eigenvalue weighted by Gasteiger charge is 2.20. The molecular formula is C21H34N2O4S. The van der Waals surface area contributed by atoms with Crippen LogP contribution < -0.4 is 0 Å². The number of aliphatic carboxylic acids is 1. The van der Waals surface area contributed by atoms with Crippen molar-refractivity contribution < 1.29 is 19.8 Å². The zero-order chi connectivity index (χ0) is 20.8. The minimum absolute atomic E-state index is 0.0426. The second-order valence-corrected chi connectivity index (χ2v) is 8.17. The first-order valence-electron chi connectivity index (χ1n) is 10.3. The first kappa shape index (κ1) is 24.3. The van der Waals surface area contributed by atoms with Crippen LogP contribution in [0.4, 0.5) is 0 Å². The van der Waals surface area contributed by atoms with E-state index in [-0.39, 0.29) is 5.69 Å². The molecule has 6 nitrogen and oxygen atoms in total. The highest BCUT2D eigenvalue weighted by molar-refractivity contribution is 8.00. The summed E-state index contributed by atoms with van der Waals surface area (Å²) >= 11 is 1.05. The molecule has 158 valence electrons. The van der Waals surface area contributed by atoms with Crippen molar-refractivity contribution in [1.29, 1.82) is 0 Å². The molecule has 1 heterocycles. The molecule has 1 unspecified atom stereocenters. The summed E-state index contributed by atoms with van der Waals surface area (Å²) in [4.78, 5) is 26.5. The highest BCUT2D eigenvalue weighted by Crippen LogP contribution is 2.24. The van der Waals surface area contributed by atoms with Gasteiger partial charge in [-0.3, -0.25) is 4.79 Å². The lowest BCUT2D eigenvalue weighted by molar-refractivity contribution is -0.135. The molecule has 7 heteroatoms. The molecule has 0 amide bonds. The largest absolute Gasteiger partial charge is 0.480 e. The van der Waals surface area contributed by atoms with Crippen molar-refractivity contribution in [3.8, 4) is 0 Å². The number of carbonyl (C=O) groups is 2. The smallest absolute Gasteiger partial charge is 0.354 e. The van der Waals surface area contributed by atoms with Gasteiger partial charge in [0.25, 0.3) is 0 Å². The van der Waals surface area contributed by atoms with Crippen LogP contribution in [-0.4, -0.2) is 37.0 Å². The summed E-state index contributed by atoms with van der Waals surface area (Å²) in [6.45, 7) is 2.24. The standard InChI is InChI=1S/C21H34N2O4S/c1-3-4-5-6-7-8-9-10-11-12-13-14-15-18(20(26)27)28-21-22-16-17(19(24)25)23(21)2/h14-16,18H,3-13H2,1-2H3,(H,24,25)(H,26,27). The number of hydrogen-bond acceptors (Lipinski definition) is 4. The molecule has 2 N–H and O–H groups in total. The Hall–Kier alpha value is -1.76. The van der Waals surface area contributed by atoms with Gasteiger partial charge >= 0.3 is 11.9 Å². The van der Waals surface area contributed by atoms with E-state index in [4.69, 9.17) is 5.11 Å². The van der Waals surface area contributed by atoms with Gasteiger partial charge < -0.3 is 14.8 Å². The Morgan fingerprint density at radius 1 is 1.07 bits per heavy atom. The van der Waals surface area contributed by atoms with Gasteiger partial charge in [-0.1, -0.05) is 88.6 Å². The lowest BCUT2D eigenvalue weighted by Crippen LogP contribution is -2.14. The van der Waals surface area contributed by atoms with E-state index in [0.717, 1.165) is 24.6 Å². The molecule has 28 heavy (non-hydrogen) atoms. The van der Waals surface area contributed by atoms with Crippen LogP contribution in [0.25, 0.3) is 0 Å². The van der Waals surface area contributed by atoms with Gasteiger partial charge in [-0.15, -0.1) is 0 Å². The van der Waals surface area contributed by atoms with Crippen LogP contribution in [0.2, 0.25) is 0 Å². The summed E-state index contributed by atoms with van der Waals surface area (Å²) in [7, 11) is 1.57. The third-order valence-electron chi connectivity index (χ3n) is 4.68. The van der Waals surface area contributed by atoms with E-state index in [1.54, 1.807) is 13.1 Å². The van der Waals surface area contributed by atoms with Gasteiger partial charge in [-0.25, -0.2) is 9.78 Å². The number of carboxylic acid groups (broad SMARTS) is 2. The molecule has 0 saturated carbocycles. The molecule has 1 atom stereocenters. The molecule has 0 saturated heterocycles. The predicted molar refractivity (Wildman–Crippen MR) is 113 cm³/mol. The Bertz CT molecular complexity index is 628. The highest BCUT2D eigenvalue weighted by atomic mass is 32.2. The molecule has 0 bridgehead atoms. The fourth-order valence-corrected chi connectivity index (χ4v) is 3.84. The Labute approximate surface area is 172 Å². The number of nitrogens with zero attached hydrogens (tertiary/aromatic N) is 2. The molecular weight excluding hydrogens is 376 g/mol. The zero-order valence-corrected chi connectivity index (χ0v) is 17.9. The van der Waals surface area contributed by atoms with Gasteiger partial charge in [-0.2, -0.15) is 0 Å². The van der Waals surface area contributed by atoms with Crippen molar-refractivity contribution in [2.75, 3.05) is 0 Å². The lowest BCUT2D eigenvalue weighted by Gasteiger charge is -2.08. The van der Waals surface area contributed by atoms with E-state index < -0.39 is 17.2 Å². The van der Waals surface area contributed by atoms with Crippen molar-refractivity contribution in [3.63, 3.8) is 0 Å². The summed E-state index contributed by atoms with van der Waals surface area (Å²) in [6.07, 6.45) is 18.5. The monoisotopic (exact) mass is 410 g/mol. The van der Waals surface area contributed by atoms with E-state index in [1.807, 2.05) is 6.08 Å². The maximum Gasteiger partial charge on any atom is 0.354 e. The Kier molecular flexibility index (Phi) is 12.4. The zero-order valence-electron chi connectivity index (χ0n) is 17.1. The average molecular weight is 411 g/mol. The van der Waals surface area contributed by atoms with Crippen LogP contribution in [0, 0.1) is 0 Å². The minimum atomic E-state index is -1.08. The summed E-state index contributed by atoms with van der Waals surface area (Å²) in [5, 5.41) is 18.1. The van der Waals surface area contributed by atoms with Gasteiger partial charge in [0.05, 0.1) is 6.20 Å². The Morgan fingerprint density at radius 3 is 2.14 bits per heavy atom. The average Bonchev–Trinajstić information content (AvgIpc) is 3.02. The first-order valence-corrected chi connectivity index (χ1v) is 11.2. The molecule has 1 rings (SSSR count). The number of thioether (sulfide) groups is 1. The fraction of sp³-hybridized carbons (Fsp3) is 0.667. The number of imidazole rings is 1. The minimum Gasteiger partial charge on any atom is -0.480 e. The summed E-state index contributed by atoms with van der Waals surface area (Å²) < 4.78 is 1.40. The normalized spacial score (nSPS) is 12.5. The SMILES string of the molecule is CCCCCCCCCCCCC=CC(Sc1ncc(C(=O)O)n1C)C(=O)O. The van der Waals surface area contributed by atoms with Crippen molar-refractivity contribution in [1.82, 2.24) is 9.55 Å². The van der Waals surface area contributed by atoms with Crippen LogP contribution in [0.3, 0.4) is 0 Å².